The number of carbonyl (C=O) groups excluding carboxylic acids is 2. The van der Waals surface area contributed by atoms with Gasteiger partial charge in [-0.25, -0.2) is 0 Å². The number of amides is 1. The number of carboxylic acids is 1. The van der Waals surface area contributed by atoms with E-state index in [1.54, 1.807) is 13.8 Å². The molecule has 0 radical (unpaired) electrons. The molecule has 0 spiro atoms. The lowest BCUT2D eigenvalue weighted by Crippen LogP contribution is -2.52. The third-order valence-electron chi connectivity index (χ3n) is 3.38. The molecule has 1 atom stereocenters. The van der Waals surface area contributed by atoms with Gasteiger partial charge >= 0.3 is 0 Å². The van der Waals surface area contributed by atoms with Crippen LogP contribution in [0.3, 0.4) is 0 Å². The molecule has 1 saturated heterocycles. The highest BCUT2D eigenvalue weighted by molar-refractivity contribution is 8.26. The van der Waals surface area contributed by atoms with E-state index in [-0.39, 0.29) is 20.8 Å². The molecule has 0 aliphatic carbocycles. The van der Waals surface area contributed by atoms with Crippen molar-refractivity contribution in [1.29, 1.82) is 0 Å². The summed E-state index contributed by atoms with van der Waals surface area (Å²) in [4.78, 5) is 35.3. The van der Waals surface area contributed by atoms with Gasteiger partial charge in [0.1, 0.15) is 4.32 Å². The molecule has 1 aliphatic heterocycles. The van der Waals surface area contributed by atoms with Gasteiger partial charge in [0.25, 0.3) is 11.6 Å². The average molecular weight is 365 g/mol. The van der Waals surface area contributed by atoms with Crippen molar-refractivity contribution in [2.45, 2.75) is 19.9 Å². The van der Waals surface area contributed by atoms with Gasteiger partial charge in [-0.15, -0.1) is 0 Å². The minimum Gasteiger partial charge on any atom is -0.548 e. The van der Waals surface area contributed by atoms with E-state index in [9.17, 15) is 24.8 Å². The average Bonchev–Trinajstić information content (AvgIpc) is 2.75. The molecule has 9 heteroatoms. The van der Waals surface area contributed by atoms with Crippen LogP contribution in [-0.2, 0) is 9.59 Å². The number of nitro benzene ring substituents is 1. The van der Waals surface area contributed by atoms with Gasteiger partial charge in [0.15, 0.2) is 0 Å². The third kappa shape index (κ3) is 3.62. The second kappa shape index (κ2) is 7.10. The number of thiocarbonyl (C=S) groups is 1. The van der Waals surface area contributed by atoms with Gasteiger partial charge in [-0.05, 0) is 29.7 Å². The number of thioether (sulfide) groups is 1. The number of nitro groups is 1. The Kier molecular flexibility index (Phi) is 5.35. The van der Waals surface area contributed by atoms with Crippen LogP contribution in [0.1, 0.15) is 19.4 Å². The number of nitrogens with zero attached hydrogens (tertiary/aromatic N) is 2. The molecule has 2 rings (SSSR count). The Bertz CT molecular complexity index is 743. The van der Waals surface area contributed by atoms with Gasteiger partial charge in [-0.1, -0.05) is 37.8 Å². The molecule has 1 aromatic rings. The van der Waals surface area contributed by atoms with E-state index in [2.05, 4.69) is 0 Å². The van der Waals surface area contributed by atoms with Crippen molar-refractivity contribution in [3.63, 3.8) is 0 Å². The smallest absolute Gasteiger partial charge is 0.269 e. The fourth-order valence-electron chi connectivity index (χ4n) is 2.24. The van der Waals surface area contributed by atoms with Crippen molar-refractivity contribution >= 4 is 51.9 Å². The Labute approximate surface area is 147 Å². The molecule has 7 nitrogen and oxygen atoms in total. The summed E-state index contributed by atoms with van der Waals surface area (Å²) in [6, 6.07) is 4.52. The summed E-state index contributed by atoms with van der Waals surface area (Å²) in [7, 11) is 0. The summed E-state index contributed by atoms with van der Waals surface area (Å²) in [6.07, 6.45) is 1.52. The summed E-state index contributed by atoms with van der Waals surface area (Å²) in [5.41, 5.74) is 0.521. The number of benzene rings is 1. The highest BCUT2D eigenvalue weighted by atomic mass is 32.2. The Morgan fingerprint density at radius 1 is 1.33 bits per heavy atom. The van der Waals surface area contributed by atoms with Crippen LogP contribution in [0, 0.1) is 16.0 Å². The topological polar surface area (TPSA) is 104 Å². The van der Waals surface area contributed by atoms with Crippen molar-refractivity contribution < 1.29 is 19.6 Å². The number of carboxylic acid groups (broad SMARTS) is 1. The second-order valence-corrected chi connectivity index (χ2v) is 7.08. The van der Waals surface area contributed by atoms with Crippen LogP contribution in [0.25, 0.3) is 6.08 Å². The summed E-state index contributed by atoms with van der Waals surface area (Å²) in [5.74, 6) is -2.24. The Hall–Kier alpha value is -2.26. The molecule has 1 heterocycles. The van der Waals surface area contributed by atoms with Gasteiger partial charge in [0, 0.05) is 12.1 Å². The molecule has 1 aromatic carbocycles. The summed E-state index contributed by atoms with van der Waals surface area (Å²) in [6.45, 7) is 3.33. The minimum absolute atomic E-state index is 0.0588. The van der Waals surface area contributed by atoms with E-state index >= 15 is 0 Å². The second-order valence-electron chi connectivity index (χ2n) is 5.41. The SMILES string of the molecule is CC(C)[C@H](C(=O)[O-])N1C(=O)/C(=C/c2ccc([N+](=O)[O-])cc2)SC1=S. The first kappa shape index (κ1) is 18.1. The van der Waals surface area contributed by atoms with Gasteiger partial charge in [0.2, 0.25) is 0 Å². The lowest BCUT2D eigenvalue weighted by molar-refractivity contribution is -0.384. The quantitative estimate of drug-likeness (QED) is 0.338. The van der Waals surface area contributed by atoms with Crippen molar-refractivity contribution in [2.24, 2.45) is 5.92 Å². The number of rotatable bonds is 5. The minimum atomic E-state index is -1.36. The monoisotopic (exact) mass is 365 g/mol. The first-order valence-corrected chi connectivity index (χ1v) is 8.17. The molecule has 24 heavy (non-hydrogen) atoms. The zero-order valence-electron chi connectivity index (χ0n) is 12.8. The van der Waals surface area contributed by atoms with Crippen LogP contribution in [0.2, 0.25) is 0 Å². The zero-order valence-corrected chi connectivity index (χ0v) is 14.4. The van der Waals surface area contributed by atoms with Gasteiger partial charge in [-0.2, -0.15) is 0 Å². The molecule has 126 valence electrons. The van der Waals surface area contributed by atoms with Gasteiger partial charge in [-0.3, -0.25) is 19.8 Å². The first-order chi connectivity index (χ1) is 11.2. The van der Waals surface area contributed by atoms with E-state index in [0.717, 1.165) is 16.7 Å². The molecule has 0 unspecified atom stereocenters. The molecule has 1 aliphatic rings. The van der Waals surface area contributed by atoms with E-state index in [0.29, 0.717) is 5.56 Å². The van der Waals surface area contributed by atoms with Crippen molar-refractivity contribution in [2.75, 3.05) is 0 Å². The maximum absolute atomic E-state index is 12.5. The molecule has 0 bridgehead atoms. The van der Waals surface area contributed by atoms with Crippen LogP contribution in [0.5, 0.6) is 0 Å². The first-order valence-electron chi connectivity index (χ1n) is 6.94. The van der Waals surface area contributed by atoms with E-state index in [1.165, 1.54) is 30.3 Å². The number of hydrogen-bond acceptors (Lipinski definition) is 7. The largest absolute Gasteiger partial charge is 0.548 e. The van der Waals surface area contributed by atoms with Crippen LogP contribution in [-0.4, -0.2) is 32.1 Å². The molecular weight excluding hydrogens is 352 g/mol. The standard InChI is InChI=1S/C15H14N2O5S2/c1-8(2)12(14(19)20)16-13(18)11(24-15(16)23)7-9-3-5-10(6-4-9)17(21)22/h3-8,12H,1-2H3,(H,19,20)/p-1/b11-7-/t12-/m1/s1. The maximum atomic E-state index is 12.5. The highest BCUT2D eigenvalue weighted by Gasteiger charge is 2.39. The van der Waals surface area contributed by atoms with Crippen molar-refractivity contribution in [1.82, 2.24) is 4.90 Å². The van der Waals surface area contributed by atoms with Crippen LogP contribution < -0.4 is 5.11 Å². The molecule has 0 N–H and O–H groups in total. The summed E-state index contributed by atoms with van der Waals surface area (Å²) < 4.78 is 0.149. The Morgan fingerprint density at radius 3 is 2.38 bits per heavy atom. The van der Waals surface area contributed by atoms with Crippen molar-refractivity contribution in [3.8, 4) is 0 Å². The number of carbonyl (C=O) groups is 2. The Balaban J connectivity index is 2.30. The zero-order chi connectivity index (χ0) is 18.0. The van der Waals surface area contributed by atoms with Crippen LogP contribution in [0.15, 0.2) is 29.2 Å². The van der Waals surface area contributed by atoms with E-state index in [4.69, 9.17) is 12.2 Å². The maximum Gasteiger partial charge on any atom is 0.269 e. The van der Waals surface area contributed by atoms with Gasteiger partial charge in [0.05, 0.1) is 21.8 Å². The fraction of sp³-hybridized carbons (Fsp3) is 0.267. The molecule has 0 aromatic heterocycles. The fourth-order valence-corrected chi connectivity index (χ4v) is 3.57. The molecular formula is C15H13N2O5S2-. The van der Waals surface area contributed by atoms with E-state index in [1.807, 2.05) is 0 Å². The lowest BCUT2D eigenvalue weighted by Gasteiger charge is -2.30. The third-order valence-corrected chi connectivity index (χ3v) is 4.71. The summed E-state index contributed by atoms with van der Waals surface area (Å²) >= 11 is 6.12. The summed E-state index contributed by atoms with van der Waals surface area (Å²) in [5, 5.41) is 22.0. The number of hydrogen-bond donors (Lipinski definition) is 0. The molecule has 1 amide bonds. The van der Waals surface area contributed by atoms with Gasteiger partial charge < -0.3 is 9.90 Å². The Morgan fingerprint density at radius 2 is 1.92 bits per heavy atom. The highest BCUT2D eigenvalue weighted by Crippen LogP contribution is 2.35. The van der Waals surface area contributed by atoms with Crippen LogP contribution >= 0.6 is 24.0 Å². The molecule has 0 saturated carbocycles. The lowest BCUT2D eigenvalue weighted by atomic mass is 10.0. The number of aliphatic carboxylic acids is 1. The van der Waals surface area contributed by atoms with Crippen molar-refractivity contribution in [3.05, 3.63) is 44.8 Å². The molecule has 1 fully saturated rings. The van der Waals surface area contributed by atoms with Crippen LogP contribution in [0.4, 0.5) is 5.69 Å². The predicted octanol–water partition coefficient (Wildman–Crippen LogP) is 1.57. The predicted molar refractivity (Wildman–Crippen MR) is 91.7 cm³/mol. The normalized spacial score (nSPS) is 17.6. The van der Waals surface area contributed by atoms with E-state index < -0.39 is 22.8 Å². The number of non-ortho nitro benzene ring substituents is 1.